The van der Waals surface area contributed by atoms with E-state index < -0.39 is 4.92 Å². The fraction of sp³-hybridized carbons (Fsp3) is 0.188. The number of para-hydroxylation sites is 1. The van der Waals surface area contributed by atoms with Crippen LogP contribution in [0.4, 0.5) is 17.1 Å². The average Bonchev–Trinajstić information content (AvgIpc) is 2.54. The van der Waals surface area contributed by atoms with E-state index in [9.17, 15) is 14.9 Å². The molecule has 2 rings (SSSR count). The Bertz CT molecular complexity index is 734. The Hall–Kier alpha value is -2.54. The van der Waals surface area contributed by atoms with Crippen molar-refractivity contribution in [3.8, 4) is 0 Å². The summed E-state index contributed by atoms with van der Waals surface area (Å²) in [5.41, 5.74) is 2.13. The molecular weight excluding hydrogens is 314 g/mol. The van der Waals surface area contributed by atoms with Gasteiger partial charge in [-0.05, 0) is 36.9 Å². The summed E-state index contributed by atoms with van der Waals surface area (Å²) in [6, 6.07) is 12.1. The van der Waals surface area contributed by atoms with Crippen molar-refractivity contribution in [2.45, 2.75) is 11.8 Å². The lowest BCUT2D eigenvalue weighted by Crippen LogP contribution is -2.22. The number of nitro benzene ring substituents is 1. The van der Waals surface area contributed by atoms with Crippen molar-refractivity contribution >= 4 is 34.7 Å². The second kappa shape index (κ2) is 7.64. The van der Waals surface area contributed by atoms with E-state index in [1.807, 2.05) is 30.5 Å². The minimum Gasteiger partial charge on any atom is -0.375 e. The second-order valence-corrected chi connectivity index (χ2v) is 5.71. The Morgan fingerprint density at radius 1 is 1.22 bits per heavy atom. The second-order valence-electron chi connectivity index (χ2n) is 4.86. The van der Waals surface area contributed by atoms with Crippen molar-refractivity contribution in [2.75, 3.05) is 23.4 Å². The molecule has 0 fully saturated rings. The van der Waals surface area contributed by atoms with Crippen LogP contribution in [0.5, 0.6) is 0 Å². The van der Waals surface area contributed by atoms with Crippen molar-refractivity contribution in [2.24, 2.45) is 0 Å². The van der Waals surface area contributed by atoms with Gasteiger partial charge in [-0.25, -0.2) is 0 Å². The van der Waals surface area contributed by atoms with E-state index in [4.69, 9.17) is 0 Å². The van der Waals surface area contributed by atoms with Crippen LogP contribution in [0, 0.1) is 17.0 Å². The summed E-state index contributed by atoms with van der Waals surface area (Å²) in [6.07, 6.45) is 1.97. The molecule has 0 unspecified atom stereocenters. The lowest BCUT2D eigenvalue weighted by atomic mass is 10.2. The molecule has 2 aromatic rings. The van der Waals surface area contributed by atoms with Gasteiger partial charge in [-0.1, -0.05) is 12.1 Å². The zero-order valence-corrected chi connectivity index (χ0v) is 13.6. The number of carbonyl (C=O) groups is 1. The number of hydrogen-bond donors (Lipinski definition) is 2. The molecule has 0 saturated heterocycles. The number of nitrogens with zero attached hydrogens (tertiary/aromatic N) is 1. The maximum atomic E-state index is 12.0. The van der Waals surface area contributed by atoms with Crippen LogP contribution < -0.4 is 10.6 Å². The number of non-ortho nitro benzene ring substituents is 1. The zero-order chi connectivity index (χ0) is 16.8. The number of aryl methyl sites for hydroxylation is 1. The van der Waals surface area contributed by atoms with Gasteiger partial charge in [0.25, 0.3) is 5.69 Å². The molecule has 2 N–H and O–H groups in total. The quantitative estimate of drug-likeness (QED) is 0.479. The van der Waals surface area contributed by atoms with Gasteiger partial charge in [0.15, 0.2) is 0 Å². The molecule has 6 nitrogen and oxygen atoms in total. The van der Waals surface area contributed by atoms with Gasteiger partial charge in [0.2, 0.25) is 5.91 Å². The van der Waals surface area contributed by atoms with Crippen molar-refractivity contribution in [1.82, 2.24) is 0 Å². The van der Waals surface area contributed by atoms with Crippen molar-refractivity contribution < 1.29 is 9.72 Å². The highest BCUT2D eigenvalue weighted by Crippen LogP contribution is 2.24. The van der Waals surface area contributed by atoms with Gasteiger partial charge in [-0.2, -0.15) is 0 Å². The van der Waals surface area contributed by atoms with Gasteiger partial charge in [0.1, 0.15) is 0 Å². The standard InChI is InChI=1S/C16H17N3O3S/c1-11-9-12(19(21)22)7-8-13(11)18-16(20)10-17-14-5-3-4-6-15(14)23-2/h3-9,17H,10H2,1-2H3,(H,18,20). The molecule has 0 heterocycles. The third-order valence-corrected chi connectivity index (χ3v) is 4.04. The molecule has 7 heteroatoms. The minimum atomic E-state index is -0.459. The molecule has 120 valence electrons. The number of thioether (sulfide) groups is 1. The first-order valence-corrected chi connectivity index (χ1v) is 8.15. The molecular formula is C16H17N3O3S. The Labute approximate surface area is 138 Å². The van der Waals surface area contributed by atoms with Crippen LogP contribution in [0.15, 0.2) is 47.4 Å². The number of benzene rings is 2. The largest absolute Gasteiger partial charge is 0.375 e. The lowest BCUT2D eigenvalue weighted by molar-refractivity contribution is -0.384. The van der Waals surface area contributed by atoms with Crippen molar-refractivity contribution in [1.29, 1.82) is 0 Å². The summed E-state index contributed by atoms with van der Waals surface area (Å²) in [7, 11) is 0. The Morgan fingerprint density at radius 3 is 2.61 bits per heavy atom. The third-order valence-electron chi connectivity index (χ3n) is 3.24. The fourth-order valence-corrected chi connectivity index (χ4v) is 2.64. The third kappa shape index (κ3) is 4.46. The molecule has 0 aromatic heterocycles. The zero-order valence-electron chi connectivity index (χ0n) is 12.8. The molecule has 1 amide bonds. The predicted octanol–water partition coefficient (Wildman–Crippen LogP) is 3.68. The van der Waals surface area contributed by atoms with Crippen LogP contribution in [0.3, 0.4) is 0 Å². The normalized spacial score (nSPS) is 10.2. The molecule has 2 aromatic carbocycles. The highest BCUT2D eigenvalue weighted by molar-refractivity contribution is 7.98. The van der Waals surface area contributed by atoms with E-state index in [2.05, 4.69) is 10.6 Å². The van der Waals surface area contributed by atoms with Gasteiger partial charge >= 0.3 is 0 Å². The highest BCUT2D eigenvalue weighted by atomic mass is 32.2. The van der Waals surface area contributed by atoms with Crippen LogP contribution >= 0.6 is 11.8 Å². The fourth-order valence-electron chi connectivity index (χ4n) is 2.06. The van der Waals surface area contributed by atoms with Crippen molar-refractivity contribution in [3.05, 3.63) is 58.1 Å². The summed E-state index contributed by atoms with van der Waals surface area (Å²) in [6.45, 7) is 1.84. The molecule has 0 radical (unpaired) electrons. The van der Waals surface area contributed by atoms with Crippen LogP contribution in [0.1, 0.15) is 5.56 Å². The summed E-state index contributed by atoms with van der Waals surface area (Å²) >= 11 is 1.60. The van der Waals surface area contributed by atoms with E-state index in [1.165, 1.54) is 12.1 Å². The number of rotatable bonds is 6. The number of hydrogen-bond acceptors (Lipinski definition) is 5. The minimum absolute atomic E-state index is 0.00696. The number of amides is 1. The number of carbonyl (C=O) groups excluding carboxylic acids is 1. The molecule has 0 aliphatic rings. The molecule has 0 bridgehead atoms. The van der Waals surface area contributed by atoms with E-state index in [-0.39, 0.29) is 18.1 Å². The summed E-state index contributed by atoms with van der Waals surface area (Å²) < 4.78 is 0. The lowest BCUT2D eigenvalue weighted by Gasteiger charge is -2.11. The summed E-state index contributed by atoms with van der Waals surface area (Å²) in [5, 5.41) is 16.6. The molecule has 0 spiro atoms. The van der Waals surface area contributed by atoms with E-state index in [0.29, 0.717) is 11.3 Å². The SMILES string of the molecule is CSc1ccccc1NCC(=O)Nc1ccc([N+](=O)[O-])cc1C. The highest BCUT2D eigenvalue weighted by Gasteiger charge is 2.10. The van der Waals surface area contributed by atoms with Crippen LogP contribution in [0.25, 0.3) is 0 Å². The molecule has 0 atom stereocenters. The van der Waals surface area contributed by atoms with Crippen LogP contribution in [-0.2, 0) is 4.79 Å². The first kappa shape index (κ1) is 16.8. The van der Waals surface area contributed by atoms with Gasteiger partial charge in [-0.3, -0.25) is 14.9 Å². The smallest absolute Gasteiger partial charge is 0.269 e. The predicted molar refractivity (Wildman–Crippen MR) is 93.2 cm³/mol. The van der Waals surface area contributed by atoms with Crippen LogP contribution in [-0.4, -0.2) is 23.6 Å². The molecule has 0 aliphatic heterocycles. The van der Waals surface area contributed by atoms with Gasteiger partial charge in [-0.15, -0.1) is 11.8 Å². The summed E-state index contributed by atoms with van der Waals surface area (Å²) in [4.78, 5) is 23.4. The number of anilines is 2. The number of nitrogens with one attached hydrogen (secondary N) is 2. The molecule has 23 heavy (non-hydrogen) atoms. The molecule has 0 saturated carbocycles. The Kier molecular flexibility index (Phi) is 5.59. The maximum Gasteiger partial charge on any atom is 0.269 e. The summed E-state index contributed by atoms with van der Waals surface area (Å²) in [5.74, 6) is -0.210. The van der Waals surface area contributed by atoms with Gasteiger partial charge in [0, 0.05) is 28.4 Å². The monoisotopic (exact) mass is 331 g/mol. The maximum absolute atomic E-state index is 12.0. The van der Waals surface area contributed by atoms with E-state index in [1.54, 1.807) is 24.8 Å². The average molecular weight is 331 g/mol. The van der Waals surface area contributed by atoms with Gasteiger partial charge in [0.05, 0.1) is 11.5 Å². The first-order valence-electron chi connectivity index (χ1n) is 6.93. The van der Waals surface area contributed by atoms with Gasteiger partial charge < -0.3 is 10.6 Å². The molecule has 0 aliphatic carbocycles. The number of nitro groups is 1. The van der Waals surface area contributed by atoms with Crippen LogP contribution in [0.2, 0.25) is 0 Å². The topological polar surface area (TPSA) is 84.3 Å². The van der Waals surface area contributed by atoms with E-state index >= 15 is 0 Å². The first-order chi connectivity index (χ1) is 11.0. The Morgan fingerprint density at radius 2 is 1.96 bits per heavy atom. The Balaban J connectivity index is 1.98. The van der Waals surface area contributed by atoms with Crippen molar-refractivity contribution in [3.63, 3.8) is 0 Å². The van der Waals surface area contributed by atoms with E-state index in [0.717, 1.165) is 10.6 Å².